The predicted octanol–water partition coefficient (Wildman–Crippen LogP) is 4.07. The molecule has 0 amide bonds. The van der Waals surface area contributed by atoms with Crippen LogP contribution in [0.3, 0.4) is 0 Å². The first-order valence-corrected chi connectivity index (χ1v) is 7.91. The van der Waals surface area contributed by atoms with E-state index in [1.807, 2.05) is 0 Å². The van der Waals surface area contributed by atoms with E-state index in [2.05, 4.69) is 12.3 Å². The average Bonchev–Trinajstić information content (AvgIpc) is 2.46. The minimum absolute atomic E-state index is 0.215. The summed E-state index contributed by atoms with van der Waals surface area (Å²) < 4.78 is 13.1. The van der Waals surface area contributed by atoms with Crippen molar-refractivity contribution < 1.29 is 4.39 Å². The largest absolute Gasteiger partial charge is 0.271 e. The van der Waals surface area contributed by atoms with Crippen LogP contribution >= 0.6 is 11.6 Å². The smallest absolute Gasteiger partial charge is 0.124 e. The van der Waals surface area contributed by atoms with Crippen molar-refractivity contribution in [3.63, 3.8) is 0 Å². The van der Waals surface area contributed by atoms with Crippen LogP contribution in [0.25, 0.3) is 0 Å². The number of nitrogens with one attached hydrogen (secondary N) is 1. The quantitative estimate of drug-likeness (QED) is 0.635. The Labute approximate surface area is 125 Å². The van der Waals surface area contributed by atoms with E-state index in [4.69, 9.17) is 17.4 Å². The monoisotopic (exact) mass is 298 g/mol. The van der Waals surface area contributed by atoms with Gasteiger partial charge in [0.15, 0.2) is 0 Å². The van der Waals surface area contributed by atoms with Gasteiger partial charge in [0.05, 0.1) is 0 Å². The Morgan fingerprint density at radius 1 is 1.45 bits per heavy atom. The van der Waals surface area contributed by atoms with Gasteiger partial charge in [0.25, 0.3) is 0 Å². The van der Waals surface area contributed by atoms with E-state index in [-0.39, 0.29) is 11.9 Å². The summed E-state index contributed by atoms with van der Waals surface area (Å²) in [5.41, 5.74) is 3.92. The lowest BCUT2D eigenvalue weighted by Crippen LogP contribution is -2.44. The van der Waals surface area contributed by atoms with E-state index < -0.39 is 0 Å². The Kier molecular flexibility index (Phi) is 5.82. The van der Waals surface area contributed by atoms with Crippen molar-refractivity contribution >= 4 is 11.6 Å². The number of benzene rings is 1. The molecule has 112 valence electrons. The number of hydrogen-bond acceptors (Lipinski definition) is 2. The lowest BCUT2D eigenvalue weighted by molar-refractivity contribution is 0.208. The van der Waals surface area contributed by atoms with Crippen LogP contribution in [0.5, 0.6) is 0 Å². The fourth-order valence-corrected chi connectivity index (χ4v) is 3.60. The highest BCUT2D eigenvalue weighted by molar-refractivity contribution is 6.31. The van der Waals surface area contributed by atoms with Gasteiger partial charge in [-0.05, 0) is 48.8 Å². The van der Waals surface area contributed by atoms with Crippen molar-refractivity contribution in [3.8, 4) is 0 Å². The molecule has 1 aliphatic carbocycles. The van der Waals surface area contributed by atoms with Gasteiger partial charge in [0.1, 0.15) is 5.82 Å². The van der Waals surface area contributed by atoms with Gasteiger partial charge in [0, 0.05) is 11.1 Å². The molecule has 1 aromatic rings. The molecule has 1 aromatic carbocycles. The third kappa shape index (κ3) is 3.94. The van der Waals surface area contributed by atoms with Crippen molar-refractivity contribution in [1.82, 2.24) is 5.43 Å². The highest BCUT2D eigenvalue weighted by Gasteiger charge is 2.27. The van der Waals surface area contributed by atoms with Crippen LogP contribution in [0.4, 0.5) is 4.39 Å². The highest BCUT2D eigenvalue weighted by atomic mass is 35.5. The van der Waals surface area contributed by atoms with Crippen molar-refractivity contribution in [1.29, 1.82) is 0 Å². The molecule has 0 bridgehead atoms. The van der Waals surface area contributed by atoms with Crippen LogP contribution in [-0.2, 0) is 6.42 Å². The van der Waals surface area contributed by atoms with Gasteiger partial charge in [0.2, 0.25) is 0 Å². The van der Waals surface area contributed by atoms with Crippen molar-refractivity contribution in [3.05, 3.63) is 34.6 Å². The first kappa shape index (κ1) is 15.7. The molecule has 0 heterocycles. The zero-order valence-corrected chi connectivity index (χ0v) is 12.8. The van der Waals surface area contributed by atoms with E-state index in [1.54, 1.807) is 6.07 Å². The third-order valence-electron chi connectivity index (χ3n) is 4.64. The molecule has 2 nitrogen and oxygen atoms in total. The summed E-state index contributed by atoms with van der Waals surface area (Å²) in [5, 5.41) is 0.494. The molecule has 0 radical (unpaired) electrons. The number of nitrogens with two attached hydrogens (primary N) is 1. The normalized spacial score (nSPS) is 24.6. The van der Waals surface area contributed by atoms with Gasteiger partial charge < -0.3 is 0 Å². The van der Waals surface area contributed by atoms with Gasteiger partial charge in [-0.3, -0.25) is 11.3 Å². The minimum Gasteiger partial charge on any atom is -0.271 e. The average molecular weight is 299 g/mol. The van der Waals surface area contributed by atoms with Crippen LogP contribution in [0.15, 0.2) is 18.2 Å². The summed E-state index contributed by atoms with van der Waals surface area (Å²) in [6.07, 6.45) is 7.05. The molecule has 2 rings (SSSR count). The van der Waals surface area contributed by atoms with Gasteiger partial charge in [-0.25, -0.2) is 4.39 Å². The topological polar surface area (TPSA) is 38.0 Å². The SMILES string of the molecule is CCC1CCCC(C(Cc2ccc(F)cc2Cl)NN)C1. The zero-order chi connectivity index (χ0) is 14.5. The van der Waals surface area contributed by atoms with Crippen LogP contribution < -0.4 is 11.3 Å². The Hall–Kier alpha value is -0.640. The fraction of sp³-hybridized carbons (Fsp3) is 0.625. The van der Waals surface area contributed by atoms with E-state index in [0.717, 1.165) is 17.9 Å². The number of hydrogen-bond donors (Lipinski definition) is 2. The molecule has 4 heteroatoms. The van der Waals surface area contributed by atoms with Gasteiger partial charge in [-0.2, -0.15) is 0 Å². The van der Waals surface area contributed by atoms with Crippen LogP contribution in [-0.4, -0.2) is 6.04 Å². The summed E-state index contributed by atoms with van der Waals surface area (Å²) in [6, 6.07) is 4.82. The third-order valence-corrected chi connectivity index (χ3v) is 4.99. The summed E-state index contributed by atoms with van der Waals surface area (Å²) in [4.78, 5) is 0. The molecule has 3 unspecified atom stereocenters. The van der Waals surface area contributed by atoms with E-state index in [9.17, 15) is 4.39 Å². The minimum atomic E-state index is -0.292. The Balaban J connectivity index is 2.04. The molecular formula is C16H24ClFN2. The maximum absolute atomic E-state index is 13.1. The van der Waals surface area contributed by atoms with E-state index in [0.29, 0.717) is 10.9 Å². The van der Waals surface area contributed by atoms with Crippen molar-refractivity contribution in [2.45, 2.75) is 51.5 Å². The second-order valence-corrected chi connectivity index (χ2v) is 6.32. The van der Waals surface area contributed by atoms with Gasteiger partial charge in [-0.1, -0.05) is 43.9 Å². The zero-order valence-electron chi connectivity index (χ0n) is 12.0. The van der Waals surface area contributed by atoms with Crippen molar-refractivity contribution in [2.75, 3.05) is 0 Å². The number of halogens is 2. The first-order valence-electron chi connectivity index (χ1n) is 7.54. The summed E-state index contributed by atoms with van der Waals surface area (Å²) >= 11 is 6.12. The second kappa shape index (κ2) is 7.39. The van der Waals surface area contributed by atoms with Crippen LogP contribution in [0, 0.1) is 17.7 Å². The lowest BCUT2D eigenvalue weighted by Gasteiger charge is -2.34. The maximum Gasteiger partial charge on any atom is 0.124 e. The summed E-state index contributed by atoms with van der Waals surface area (Å²) in [6.45, 7) is 2.26. The van der Waals surface area contributed by atoms with Crippen LogP contribution in [0.2, 0.25) is 5.02 Å². The summed E-state index contributed by atoms with van der Waals surface area (Å²) in [5.74, 6) is 6.86. The second-order valence-electron chi connectivity index (χ2n) is 5.91. The first-order chi connectivity index (χ1) is 9.63. The van der Waals surface area contributed by atoms with E-state index in [1.165, 1.54) is 44.2 Å². The van der Waals surface area contributed by atoms with E-state index >= 15 is 0 Å². The Morgan fingerprint density at radius 3 is 2.90 bits per heavy atom. The predicted molar refractivity (Wildman–Crippen MR) is 82.0 cm³/mol. The molecule has 0 saturated heterocycles. The summed E-state index contributed by atoms with van der Waals surface area (Å²) in [7, 11) is 0. The molecule has 3 N–H and O–H groups in total. The molecule has 1 fully saturated rings. The fourth-order valence-electron chi connectivity index (χ4n) is 3.35. The molecule has 0 spiro atoms. The Morgan fingerprint density at radius 2 is 2.25 bits per heavy atom. The van der Waals surface area contributed by atoms with Crippen LogP contribution in [0.1, 0.15) is 44.6 Å². The standard InChI is InChI=1S/C16H24ClFN2/c1-2-11-4-3-5-13(8-11)16(20-19)9-12-6-7-14(18)10-15(12)17/h6-7,10-11,13,16,20H,2-5,8-9,19H2,1H3. The molecule has 0 aromatic heterocycles. The number of rotatable bonds is 5. The molecule has 1 aliphatic rings. The van der Waals surface area contributed by atoms with Gasteiger partial charge in [-0.15, -0.1) is 0 Å². The molecule has 20 heavy (non-hydrogen) atoms. The Bertz CT molecular complexity index is 438. The molecule has 0 aliphatic heterocycles. The highest BCUT2D eigenvalue weighted by Crippen LogP contribution is 2.34. The van der Waals surface area contributed by atoms with Crippen molar-refractivity contribution in [2.24, 2.45) is 17.7 Å². The van der Waals surface area contributed by atoms with Gasteiger partial charge >= 0.3 is 0 Å². The molecule has 1 saturated carbocycles. The molecular weight excluding hydrogens is 275 g/mol. The number of hydrazine groups is 1. The maximum atomic E-state index is 13.1. The lowest BCUT2D eigenvalue weighted by atomic mass is 9.75. The molecule has 3 atom stereocenters.